The number of carbonyl (C=O) groups excluding carboxylic acids is 2. The van der Waals surface area contributed by atoms with E-state index in [-0.39, 0.29) is 58.8 Å². The van der Waals surface area contributed by atoms with Crippen LogP contribution in [0, 0.1) is 11.8 Å². The molecule has 6 aliphatic rings. The first-order valence-electron chi connectivity index (χ1n) is 28.3. The minimum atomic E-state index is -3.59. The number of fused-ring (bicyclic) bond motifs is 2. The summed E-state index contributed by atoms with van der Waals surface area (Å²) in [5, 5.41) is 14.2. The normalized spacial score (nSPS) is 21.3. The Morgan fingerprint density at radius 3 is 1.40 bits per heavy atom. The van der Waals surface area contributed by atoms with Crippen LogP contribution in [0.4, 0.5) is 28.8 Å². The van der Waals surface area contributed by atoms with E-state index in [2.05, 4.69) is 54.4 Å². The molecular weight excluding hydrogens is 1170 g/mol. The van der Waals surface area contributed by atoms with Gasteiger partial charge < -0.3 is 29.8 Å². The zero-order valence-corrected chi connectivity index (χ0v) is 51.6. The second-order valence-electron chi connectivity index (χ2n) is 22.6. The summed E-state index contributed by atoms with van der Waals surface area (Å²) in [5.41, 5.74) is 3.81. The zero-order valence-electron chi connectivity index (χ0n) is 46.9. The molecule has 10 heterocycles. The summed E-state index contributed by atoms with van der Waals surface area (Å²) in [6, 6.07) is 16.6. The van der Waals surface area contributed by atoms with Crippen molar-refractivity contribution in [3.63, 3.8) is 0 Å². The summed E-state index contributed by atoms with van der Waals surface area (Å²) in [4.78, 5) is 47.8. The molecule has 2 aromatic carbocycles. The van der Waals surface area contributed by atoms with E-state index in [1.807, 2.05) is 32.1 Å². The van der Waals surface area contributed by atoms with Crippen LogP contribution in [0.15, 0.2) is 60.7 Å². The van der Waals surface area contributed by atoms with Crippen molar-refractivity contribution in [3.8, 4) is 0 Å². The van der Waals surface area contributed by atoms with Crippen LogP contribution in [-0.4, -0.2) is 146 Å². The highest BCUT2D eigenvalue weighted by atomic mass is 35.5. The highest BCUT2D eigenvalue weighted by molar-refractivity contribution is 7.92. The van der Waals surface area contributed by atoms with Gasteiger partial charge in [0.2, 0.25) is 20.0 Å². The van der Waals surface area contributed by atoms with Crippen molar-refractivity contribution in [2.45, 2.75) is 103 Å². The average molecular weight is 1250 g/mol. The zero-order chi connectivity index (χ0) is 57.2. The summed E-state index contributed by atoms with van der Waals surface area (Å²) >= 11 is 18.9. The Labute approximate surface area is 502 Å². The van der Waals surface area contributed by atoms with E-state index in [0.29, 0.717) is 45.8 Å². The van der Waals surface area contributed by atoms with Gasteiger partial charge in [-0.25, -0.2) is 26.8 Å². The molecular formula is C56H74Cl4N14O6S2. The van der Waals surface area contributed by atoms with Gasteiger partial charge in [-0.2, -0.15) is 19.2 Å². The average Bonchev–Trinajstić information content (AvgIpc) is 4.11. The number of carbonyl (C=O) groups is 2. The Balaban J connectivity index is 0.000000183. The van der Waals surface area contributed by atoms with Gasteiger partial charge in [-0.05, 0) is 138 Å². The Kier molecular flexibility index (Phi) is 19.6. The maximum atomic E-state index is 14.0. The lowest BCUT2D eigenvalue weighted by Crippen LogP contribution is -2.39. The number of halogens is 4. The fraction of sp³-hybridized carbons (Fsp3) is 0.536. The SMILES string of the molecule is C1CNC1.C[C@H]1CCCN(c2cc(Cl)nc3cc([C@@H]4CCCCN4C(=O)c4cc(Cl)ccc4NS(C)(=O)=O)nn23)C1.C[C@H]1CCCN(c2cc(N3CCC3)nc3cc([C@@H]4CCCCN4C(=O)c4cc(Cl)ccc4NS(C)(=O)=O)nn23)C1.Cl. The molecule has 0 saturated carbocycles. The van der Waals surface area contributed by atoms with Gasteiger partial charge in [-0.15, -0.1) is 12.4 Å². The molecule has 4 aromatic heterocycles. The van der Waals surface area contributed by atoms with Crippen LogP contribution in [0.2, 0.25) is 15.2 Å². The number of rotatable bonds is 11. The fourth-order valence-electron chi connectivity index (χ4n) is 11.6. The summed E-state index contributed by atoms with van der Waals surface area (Å²) in [7, 11) is -7.17. The van der Waals surface area contributed by atoms with Gasteiger partial charge in [-0.3, -0.25) is 19.0 Å². The fourth-order valence-corrected chi connectivity index (χ4v) is 13.3. The van der Waals surface area contributed by atoms with Crippen molar-refractivity contribution < 1.29 is 26.4 Å². The number of nitrogens with zero attached hydrogens (tertiary/aromatic N) is 11. The maximum Gasteiger partial charge on any atom is 0.256 e. The van der Waals surface area contributed by atoms with Crippen molar-refractivity contribution in [3.05, 3.63) is 98.4 Å². The highest BCUT2D eigenvalue weighted by Gasteiger charge is 2.35. The van der Waals surface area contributed by atoms with Crippen LogP contribution in [-0.2, 0) is 20.0 Å². The number of likely N-dealkylation sites (tertiary alicyclic amines) is 2. The number of hydrogen-bond donors (Lipinski definition) is 3. The summed E-state index contributed by atoms with van der Waals surface area (Å²) in [6.45, 7) is 13.9. The number of anilines is 5. The number of nitrogens with one attached hydrogen (secondary N) is 3. The number of aromatic nitrogens is 6. The standard InChI is InChI=1S/C28H36ClN7O3S.C25H30Cl2N6O3S.C3H7N.ClH/c1-19-7-5-11-34(18-19)27-17-25(33-12-6-13-33)30-26-16-23(31-36(26)27)24-8-3-4-14-35(24)28(37)21-15-20(29)9-10-22(21)32-40(2,38)39;1-16-6-5-10-31(15-16)24-14-22(27)28-23-13-20(29-33(23)24)21-7-3-4-11-32(21)25(34)18-12-17(26)8-9-19(18)30-37(2,35)36;1-2-4-3-1;/h9-10,15-17,19,24,32H,3-8,11-14,18H2,1-2H3;8-9,12-14,16,21,30H,3-7,10-11,15H2,1-2H3;4H,1-3H2;1H/t19-,24-;16-,21-;;/m00../s1. The molecule has 0 radical (unpaired) electrons. The van der Waals surface area contributed by atoms with E-state index < -0.39 is 20.0 Å². The first-order chi connectivity index (χ1) is 38.7. The largest absolute Gasteiger partial charge is 0.356 e. The number of amides is 2. The first-order valence-corrected chi connectivity index (χ1v) is 33.3. The van der Waals surface area contributed by atoms with E-state index in [4.69, 9.17) is 50.0 Å². The van der Waals surface area contributed by atoms with Crippen LogP contribution in [0.25, 0.3) is 11.3 Å². The monoisotopic (exact) mass is 1240 g/mol. The molecule has 20 nitrogen and oxygen atoms in total. The topological polar surface area (TPSA) is 215 Å². The second kappa shape index (κ2) is 26.3. The van der Waals surface area contributed by atoms with Gasteiger partial charge in [0.25, 0.3) is 11.8 Å². The molecule has 26 heteroatoms. The number of piperidine rings is 4. The number of hydrogen-bond acceptors (Lipinski definition) is 14. The van der Waals surface area contributed by atoms with Crippen molar-refractivity contribution >= 4 is 119 Å². The molecule has 6 aromatic rings. The molecule has 0 spiro atoms. The minimum absolute atomic E-state index is 0. The van der Waals surface area contributed by atoms with E-state index in [0.717, 1.165) is 138 Å². The van der Waals surface area contributed by atoms with E-state index in [1.165, 1.54) is 63.0 Å². The van der Waals surface area contributed by atoms with Gasteiger partial charge >= 0.3 is 0 Å². The summed E-state index contributed by atoms with van der Waals surface area (Å²) < 4.78 is 56.6. The molecule has 6 fully saturated rings. The van der Waals surface area contributed by atoms with Gasteiger partial charge in [0.1, 0.15) is 22.6 Å². The van der Waals surface area contributed by atoms with Crippen molar-refractivity contribution in [2.75, 3.05) is 102 Å². The molecule has 0 bridgehead atoms. The predicted octanol–water partition coefficient (Wildman–Crippen LogP) is 9.98. The van der Waals surface area contributed by atoms with Gasteiger partial charge in [0.15, 0.2) is 11.3 Å². The van der Waals surface area contributed by atoms with Crippen LogP contribution < -0.4 is 29.5 Å². The highest BCUT2D eigenvalue weighted by Crippen LogP contribution is 2.38. The van der Waals surface area contributed by atoms with Gasteiger partial charge in [0.05, 0.1) is 58.5 Å². The van der Waals surface area contributed by atoms with E-state index >= 15 is 0 Å². The molecule has 0 aliphatic carbocycles. The molecule has 2 amide bonds. The van der Waals surface area contributed by atoms with Crippen LogP contribution in [0.5, 0.6) is 0 Å². The Morgan fingerprint density at radius 1 is 0.549 bits per heavy atom. The maximum absolute atomic E-state index is 14.0. The van der Waals surface area contributed by atoms with Crippen molar-refractivity contribution in [1.82, 2.24) is 44.3 Å². The number of sulfonamides is 2. The second-order valence-corrected chi connectivity index (χ2v) is 27.3. The molecule has 12 rings (SSSR count). The molecule has 0 unspecified atom stereocenters. The van der Waals surface area contributed by atoms with Crippen LogP contribution in [0.1, 0.15) is 135 Å². The Bertz CT molecular complexity index is 3500. The molecule has 6 saturated heterocycles. The third-order valence-corrected chi connectivity index (χ3v) is 17.7. The van der Waals surface area contributed by atoms with Crippen LogP contribution in [0.3, 0.4) is 0 Å². The van der Waals surface area contributed by atoms with Crippen molar-refractivity contribution in [1.29, 1.82) is 0 Å². The molecule has 4 atom stereocenters. The first kappa shape index (κ1) is 61.2. The molecule has 444 valence electrons. The van der Waals surface area contributed by atoms with E-state index in [1.54, 1.807) is 17.0 Å². The lowest BCUT2D eigenvalue weighted by atomic mass is 9.98. The quantitative estimate of drug-likeness (QED) is 0.103. The molecule has 82 heavy (non-hydrogen) atoms. The van der Waals surface area contributed by atoms with Crippen molar-refractivity contribution in [2.24, 2.45) is 11.8 Å². The Hall–Kier alpha value is -5.36. The third kappa shape index (κ3) is 14.6. The van der Waals surface area contributed by atoms with Gasteiger partial charge in [0, 0.05) is 86.7 Å². The molecule has 3 N–H and O–H groups in total. The molecule has 6 aliphatic heterocycles. The lowest BCUT2D eigenvalue weighted by Gasteiger charge is -2.36. The lowest BCUT2D eigenvalue weighted by molar-refractivity contribution is 0.0600. The van der Waals surface area contributed by atoms with Crippen LogP contribution >= 0.6 is 47.2 Å². The van der Waals surface area contributed by atoms with Gasteiger partial charge in [-0.1, -0.05) is 48.7 Å². The third-order valence-electron chi connectivity index (χ3n) is 15.9. The smallest absolute Gasteiger partial charge is 0.256 e. The van der Waals surface area contributed by atoms with E-state index in [9.17, 15) is 26.4 Å². The predicted molar refractivity (Wildman–Crippen MR) is 329 cm³/mol. The summed E-state index contributed by atoms with van der Waals surface area (Å²) in [6.07, 6.45) is 14.5. The Morgan fingerprint density at radius 2 is 0.988 bits per heavy atom. The number of benzene rings is 2. The minimum Gasteiger partial charge on any atom is -0.356 e. The summed E-state index contributed by atoms with van der Waals surface area (Å²) in [5.74, 6) is 3.54.